The number of carbonyl (C=O) groups excluding carboxylic acids is 2. The summed E-state index contributed by atoms with van der Waals surface area (Å²) in [5.41, 5.74) is 2.94. The number of hydrogen-bond acceptors (Lipinski definition) is 9. The van der Waals surface area contributed by atoms with Crippen LogP contribution in [0, 0.1) is 6.92 Å². The Morgan fingerprint density at radius 2 is 1.95 bits per heavy atom. The fourth-order valence-electron chi connectivity index (χ4n) is 3.95. The molecule has 0 saturated carbocycles. The van der Waals surface area contributed by atoms with Gasteiger partial charge in [0.05, 0.1) is 12.8 Å². The van der Waals surface area contributed by atoms with Gasteiger partial charge in [-0.05, 0) is 37.3 Å². The van der Waals surface area contributed by atoms with Crippen molar-refractivity contribution in [3.05, 3.63) is 66.9 Å². The number of rotatable bonds is 9. The fraction of sp³-hybridized carbons (Fsp3) is 0.259. The molecule has 198 valence electrons. The molecule has 2 heterocycles. The van der Waals surface area contributed by atoms with Gasteiger partial charge in [0.1, 0.15) is 18.1 Å². The molecule has 0 aliphatic carbocycles. The first kappa shape index (κ1) is 26.4. The molecule has 4 rings (SSSR count). The quantitative estimate of drug-likeness (QED) is 0.366. The van der Waals surface area contributed by atoms with Gasteiger partial charge in [0.2, 0.25) is 23.6 Å². The molecule has 1 aromatic heterocycles. The normalized spacial score (nSPS) is 13.0. The van der Waals surface area contributed by atoms with E-state index in [1.54, 1.807) is 42.5 Å². The van der Waals surface area contributed by atoms with Crippen molar-refractivity contribution in [2.24, 2.45) is 0 Å². The summed E-state index contributed by atoms with van der Waals surface area (Å²) in [7, 11) is 1.59. The first-order chi connectivity index (χ1) is 18.4. The topological polar surface area (TPSA) is 129 Å². The molecule has 0 atom stereocenters. The Balaban J connectivity index is 1.47. The number of hydrogen-bond donors (Lipinski definition) is 3. The van der Waals surface area contributed by atoms with E-state index in [0.717, 1.165) is 11.3 Å². The van der Waals surface area contributed by atoms with Gasteiger partial charge in [-0.3, -0.25) is 9.59 Å². The highest BCUT2D eigenvalue weighted by Gasteiger charge is 2.21. The minimum absolute atomic E-state index is 0.254. The van der Waals surface area contributed by atoms with Gasteiger partial charge < -0.3 is 35.0 Å². The smallest absolute Gasteiger partial charge is 0.248 e. The zero-order chi connectivity index (χ0) is 27.1. The second-order valence-electron chi connectivity index (χ2n) is 8.54. The molecule has 0 bridgehead atoms. The molecule has 3 aromatic rings. The van der Waals surface area contributed by atoms with Crippen molar-refractivity contribution >= 4 is 34.8 Å². The zero-order valence-corrected chi connectivity index (χ0v) is 21.3. The van der Waals surface area contributed by atoms with Crippen molar-refractivity contribution in [2.75, 3.05) is 55.4 Å². The number of carbonyl (C=O) groups is 2. The lowest BCUT2D eigenvalue weighted by Crippen LogP contribution is -2.49. The predicted octanol–water partition coefficient (Wildman–Crippen LogP) is 3.09. The Bertz CT molecular complexity index is 1320. The monoisotopic (exact) mass is 518 g/mol. The third kappa shape index (κ3) is 6.37. The van der Waals surface area contributed by atoms with E-state index in [-0.39, 0.29) is 11.8 Å². The van der Waals surface area contributed by atoms with Crippen molar-refractivity contribution in [2.45, 2.75) is 6.92 Å². The molecule has 2 amide bonds. The van der Waals surface area contributed by atoms with E-state index in [1.807, 2.05) is 25.1 Å². The molecule has 38 heavy (non-hydrogen) atoms. The number of ether oxygens (including phenoxy) is 2. The Hall–Kier alpha value is -4.64. The number of methoxy groups -OCH3 is 1. The number of nitrogens with zero attached hydrogens (tertiary/aromatic N) is 4. The molecule has 3 N–H and O–H groups in total. The van der Waals surface area contributed by atoms with Crippen LogP contribution < -0.4 is 25.0 Å². The molecule has 0 unspecified atom stereocenters. The van der Waals surface area contributed by atoms with E-state index in [1.165, 1.54) is 6.08 Å². The van der Waals surface area contributed by atoms with Crippen LogP contribution in [-0.4, -0.2) is 71.7 Å². The van der Waals surface area contributed by atoms with E-state index >= 15 is 0 Å². The number of aryl methyl sites for hydroxylation is 1. The Morgan fingerprint density at radius 3 is 2.66 bits per heavy atom. The minimum Gasteiger partial charge on any atom is -0.494 e. The number of anilines is 4. The summed E-state index contributed by atoms with van der Waals surface area (Å²) in [6.07, 6.45) is 2.85. The lowest BCUT2D eigenvalue weighted by atomic mass is 10.2. The van der Waals surface area contributed by atoms with Crippen molar-refractivity contribution in [3.8, 4) is 17.4 Å². The lowest BCUT2D eigenvalue weighted by Gasteiger charge is -2.36. The SMILES string of the molecule is C=CC(=O)Nc1cccc(Oc2nc(Nc3ccc(N4CCN(C(=O)CO)CC4)cc3OC)ncc2C)c1. The Morgan fingerprint density at radius 1 is 1.16 bits per heavy atom. The third-order valence-corrected chi connectivity index (χ3v) is 5.99. The van der Waals surface area contributed by atoms with Crippen molar-refractivity contribution < 1.29 is 24.2 Å². The molecule has 1 aliphatic heterocycles. The van der Waals surface area contributed by atoms with Crippen LogP contribution in [0.5, 0.6) is 17.4 Å². The molecular formula is C27H30N6O5. The van der Waals surface area contributed by atoms with Crippen LogP contribution in [0.2, 0.25) is 0 Å². The molecular weight excluding hydrogens is 488 g/mol. The van der Waals surface area contributed by atoms with Gasteiger partial charge in [-0.2, -0.15) is 4.98 Å². The first-order valence-electron chi connectivity index (χ1n) is 12.0. The van der Waals surface area contributed by atoms with E-state index in [2.05, 4.69) is 32.1 Å². The highest BCUT2D eigenvalue weighted by atomic mass is 16.5. The number of benzene rings is 2. The van der Waals surface area contributed by atoms with Crippen LogP contribution in [0.3, 0.4) is 0 Å². The van der Waals surface area contributed by atoms with Gasteiger partial charge in [-0.25, -0.2) is 4.98 Å². The Kier molecular flexibility index (Phi) is 8.39. The molecule has 1 aliphatic rings. The van der Waals surface area contributed by atoms with Crippen LogP contribution in [0.25, 0.3) is 0 Å². The highest BCUT2D eigenvalue weighted by molar-refractivity contribution is 5.98. The summed E-state index contributed by atoms with van der Waals surface area (Å²) < 4.78 is 11.6. The summed E-state index contributed by atoms with van der Waals surface area (Å²) in [6, 6.07) is 12.7. The van der Waals surface area contributed by atoms with Gasteiger partial charge in [0, 0.05) is 61.4 Å². The van der Waals surface area contributed by atoms with Gasteiger partial charge >= 0.3 is 0 Å². The third-order valence-electron chi connectivity index (χ3n) is 5.99. The lowest BCUT2D eigenvalue weighted by molar-refractivity contribution is -0.134. The maximum absolute atomic E-state index is 11.7. The van der Waals surface area contributed by atoms with E-state index < -0.39 is 6.61 Å². The summed E-state index contributed by atoms with van der Waals surface area (Å²) in [5.74, 6) is 1.22. The van der Waals surface area contributed by atoms with Crippen molar-refractivity contribution in [1.29, 1.82) is 0 Å². The zero-order valence-electron chi connectivity index (χ0n) is 21.3. The maximum Gasteiger partial charge on any atom is 0.248 e. The molecule has 1 fully saturated rings. The fourth-order valence-corrected chi connectivity index (χ4v) is 3.95. The van der Waals surface area contributed by atoms with E-state index in [0.29, 0.717) is 60.9 Å². The van der Waals surface area contributed by atoms with Crippen LogP contribution in [0.4, 0.5) is 23.0 Å². The number of piperazine rings is 1. The van der Waals surface area contributed by atoms with E-state index in [9.17, 15) is 9.59 Å². The second kappa shape index (κ2) is 12.1. The van der Waals surface area contributed by atoms with Crippen molar-refractivity contribution in [3.63, 3.8) is 0 Å². The van der Waals surface area contributed by atoms with Crippen LogP contribution in [-0.2, 0) is 9.59 Å². The van der Waals surface area contributed by atoms with Crippen LogP contribution >= 0.6 is 0 Å². The largest absolute Gasteiger partial charge is 0.494 e. The molecule has 1 saturated heterocycles. The first-order valence-corrected chi connectivity index (χ1v) is 12.0. The average molecular weight is 519 g/mol. The maximum atomic E-state index is 11.7. The van der Waals surface area contributed by atoms with Crippen molar-refractivity contribution in [1.82, 2.24) is 14.9 Å². The van der Waals surface area contributed by atoms with Gasteiger partial charge in [-0.1, -0.05) is 12.6 Å². The summed E-state index contributed by atoms with van der Waals surface area (Å²) in [6.45, 7) is 7.23. The summed E-state index contributed by atoms with van der Waals surface area (Å²) in [5, 5.41) is 15.0. The molecule has 0 radical (unpaired) electrons. The van der Waals surface area contributed by atoms with Gasteiger partial charge in [-0.15, -0.1) is 0 Å². The highest BCUT2D eigenvalue weighted by Crippen LogP contribution is 2.33. The average Bonchev–Trinajstić information content (AvgIpc) is 2.94. The number of nitrogens with one attached hydrogen (secondary N) is 2. The van der Waals surface area contributed by atoms with E-state index in [4.69, 9.17) is 14.6 Å². The number of aromatic nitrogens is 2. The van der Waals surface area contributed by atoms with Crippen LogP contribution in [0.1, 0.15) is 5.56 Å². The van der Waals surface area contributed by atoms with Gasteiger partial charge in [0.15, 0.2) is 0 Å². The second-order valence-corrected chi connectivity index (χ2v) is 8.54. The number of aliphatic hydroxyl groups is 1. The number of amides is 2. The molecule has 0 spiro atoms. The van der Waals surface area contributed by atoms with Crippen LogP contribution in [0.15, 0.2) is 61.3 Å². The summed E-state index contributed by atoms with van der Waals surface area (Å²) >= 11 is 0. The minimum atomic E-state index is -0.470. The predicted molar refractivity (Wildman–Crippen MR) is 144 cm³/mol. The molecule has 2 aromatic carbocycles. The Labute approximate surface area is 220 Å². The van der Waals surface area contributed by atoms with Gasteiger partial charge in [0.25, 0.3) is 0 Å². The number of aliphatic hydroxyl groups excluding tert-OH is 1. The summed E-state index contributed by atoms with van der Waals surface area (Å²) in [4.78, 5) is 36.0. The standard InChI is InChI=1S/C27H30N6O5/c1-4-24(35)29-19-6-5-7-21(14-19)38-26-18(2)16-28-27(31-26)30-22-9-8-20(15-23(22)37-3)32-10-12-33(13-11-32)25(36)17-34/h4-9,14-16,34H,1,10-13,17H2,2-3H3,(H,29,35)(H,28,30,31). The molecule has 11 nitrogen and oxygen atoms in total. The molecule has 11 heteroatoms.